The molecule has 176 valence electrons. The van der Waals surface area contributed by atoms with Gasteiger partial charge in [-0.25, -0.2) is 4.39 Å². The van der Waals surface area contributed by atoms with Crippen LogP contribution in [0.25, 0.3) is 0 Å². The van der Waals surface area contributed by atoms with Crippen LogP contribution in [0.2, 0.25) is 0 Å². The number of hydrogen-bond acceptors (Lipinski definition) is 5. The zero-order chi connectivity index (χ0) is 23.7. The Morgan fingerprint density at radius 3 is 2.53 bits per heavy atom. The number of carbonyl (C=O) groups is 1. The van der Waals surface area contributed by atoms with Gasteiger partial charge in [-0.15, -0.1) is 0 Å². The molecule has 2 atom stereocenters. The second kappa shape index (κ2) is 9.25. The van der Waals surface area contributed by atoms with E-state index in [0.29, 0.717) is 18.7 Å². The van der Waals surface area contributed by atoms with Crippen LogP contribution in [0.3, 0.4) is 0 Å². The van der Waals surface area contributed by atoms with Crippen LogP contribution < -0.4 is 24.6 Å². The van der Waals surface area contributed by atoms with Crippen molar-refractivity contribution in [2.75, 3.05) is 49.0 Å². The van der Waals surface area contributed by atoms with E-state index in [1.165, 1.54) is 12.1 Å². The van der Waals surface area contributed by atoms with Crippen molar-refractivity contribution < 1.29 is 18.7 Å². The average Bonchev–Trinajstić information content (AvgIpc) is 2.88. The van der Waals surface area contributed by atoms with Crippen LogP contribution in [0.15, 0.2) is 66.7 Å². The van der Waals surface area contributed by atoms with Gasteiger partial charge < -0.3 is 24.6 Å². The number of methoxy groups -OCH3 is 2. The van der Waals surface area contributed by atoms with Crippen molar-refractivity contribution in [1.82, 2.24) is 0 Å². The number of fused-ring (bicyclic) bond motifs is 3. The maximum absolute atomic E-state index is 13.5. The maximum atomic E-state index is 13.5. The van der Waals surface area contributed by atoms with Crippen LogP contribution >= 0.6 is 0 Å². The molecule has 0 aliphatic carbocycles. The van der Waals surface area contributed by atoms with Gasteiger partial charge in [0.05, 0.1) is 31.9 Å². The lowest BCUT2D eigenvalue weighted by molar-refractivity contribution is -0.120. The molecule has 1 saturated heterocycles. The van der Waals surface area contributed by atoms with Crippen LogP contribution in [-0.2, 0) is 11.2 Å². The van der Waals surface area contributed by atoms with Crippen molar-refractivity contribution in [2.24, 2.45) is 5.92 Å². The highest BCUT2D eigenvalue weighted by Crippen LogP contribution is 2.40. The number of para-hydroxylation sites is 2. The summed E-state index contributed by atoms with van der Waals surface area (Å²) in [6.45, 7) is 2.25. The SMILES string of the molecule is COc1ccc2c(c1)N1CCN(c3ccccc3OC)C[C@H]1[C@H](C(=O)Nc1ccc(F)cc1)C2. The summed E-state index contributed by atoms with van der Waals surface area (Å²) in [6, 6.07) is 19.9. The molecule has 0 saturated carbocycles. The van der Waals surface area contributed by atoms with Crippen LogP contribution in [0.4, 0.5) is 21.5 Å². The van der Waals surface area contributed by atoms with Crippen LogP contribution in [0.1, 0.15) is 5.56 Å². The van der Waals surface area contributed by atoms with Crippen molar-refractivity contribution >= 4 is 23.0 Å². The first kappa shape index (κ1) is 22.1. The monoisotopic (exact) mass is 461 g/mol. The predicted molar refractivity (Wildman–Crippen MR) is 132 cm³/mol. The van der Waals surface area contributed by atoms with Crippen LogP contribution in [-0.4, -0.2) is 45.8 Å². The standard InChI is InChI=1S/C27H28FN3O3/c1-33-21-12-7-18-15-22(27(32)29-20-10-8-19(28)9-11-20)25-17-30(13-14-31(25)24(18)16-21)23-5-3-4-6-26(23)34-2/h3-12,16,22,25H,13-15,17H2,1-2H3,(H,29,32)/t22-,25+/m1/s1. The Hall–Kier alpha value is -3.74. The molecule has 2 aliphatic heterocycles. The van der Waals surface area contributed by atoms with Gasteiger partial charge in [0.2, 0.25) is 5.91 Å². The van der Waals surface area contributed by atoms with Gasteiger partial charge in [-0.1, -0.05) is 18.2 Å². The van der Waals surface area contributed by atoms with Crippen molar-refractivity contribution in [3.8, 4) is 11.5 Å². The van der Waals surface area contributed by atoms with Gasteiger partial charge in [-0.2, -0.15) is 0 Å². The summed E-state index contributed by atoms with van der Waals surface area (Å²) < 4.78 is 24.4. The highest BCUT2D eigenvalue weighted by molar-refractivity contribution is 5.94. The van der Waals surface area contributed by atoms with E-state index < -0.39 is 0 Å². The van der Waals surface area contributed by atoms with E-state index in [2.05, 4.69) is 33.3 Å². The number of nitrogens with one attached hydrogen (secondary N) is 1. The molecular formula is C27H28FN3O3. The molecule has 2 heterocycles. The third kappa shape index (κ3) is 4.14. The summed E-state index contributed by atoms with van der Waals surface area (Å²) in [6.07, 6.45) is 0.618. The van der Waals surface area contributed by atoms with E-state index in [0.717, 1.165) is 41.5 Å². The molecular weight excluding hydrogens is 433 g/mol. The van der Waals surface area contributed by atoms with E-state index in [-0.39, 0.29) is 23.7 Å². The van der Waals surface area contributed by atoms with Gasteiger partial charge in [0, 0.05) is 37.1 Å². The van der Waals surface area contributed by atoms with Crippen molar-refractivity contribution in [1.29, 1.82) is 0 Å². The Balaban J connectivity index is 1.48. The molecule has 3 aromatic rings. The first-order valence-corrected chi connectivity index (χ1v) is 11.5. The molecule has 0 spiro atoms. The minimum atomic E-state index is -0.329. The molecule has 1 N–H and O–H groups in total. The Morgan fingerprint density at radius 1 is 0.971 bits per heavy atom. The molecule has 0 aromatic heterocycles. The number of piperazine rings is 1. The number of benzene rings is 3. The molecule has 1 fully saturated rings. The highest BCUT2D eigenvalue weighted by atomic mass is 19.1. The minimum Gasteiger partial charge on any atom is -0.497 e. The average molecular weight is 462 g/mol. The second-order valence-electron chi connectivity index (χ2n) is 8.68. The molecule has 7 heteroatoms. The largest absolute Gasteiger partial charge is 0.497 e. The molecule has 1 amide bonds. The number of amides is 1. The van der Waals surface area contributed by atoms with Crippen LogP contribution in [0.5, 0.6) is 11.5 Å². The number of ether oxygens (including phenoxy) is 2. The van der Waals surface area contributed by atoms with Gasteiger partial charge in [-0.3, -0.25) is 4.79 Å². The Kier molecular flexibility index (Phi) is 6.01. The summed E-state index contributed by atoms with van der Waals surface area (Å²) in [5, 5.41) is 3.00. The second-order valence-corrected chi connectivity index (χ2v) is 8.68. The normalized spacial score (nSPS) is 19.1. The molecule has 34 heavy (non-hydrogen) atoms. The molecule has 5 rings (SSSR count). The number of carbonyl (C=O) groups excluding carboxylic acids is 1. The highest BCUT2D eigenvalue weighted by Gasteiger charge is 2.42. The third-order valence-electron chi connectivity index (χ3n) is 6.80. The molecule has 3 aromatic carbocycles. The lowest BCUT2D eigenvalue weighted by atomic mass is 9.83. The Morgan fingerprint density at radius 2 is 1.76 bits per heavy atom. The van der Waals surface area contributed by atoms with Gasteiger partial charge in [0.25, 0.3) is 0 Å². The number of anilines is 3. The third-order valence-corrected chi connectivity index (χ3v) is 6.80. The summed E-state index contributed by atoms with van der Waals surface area (Å²) >= 11 is 0. The number of rotatable bonds is 5. The van der Waals surface area contributed by atoms with E-state index in [9.17, 15) is 9.18 Å². The van der Waals surface area contributed by atoms with E-state index in [4.69, 9.17) is 9.47 Å². The van der Waals surface area contributed by atoms with Gasteiger partial charge in [0.1, 0.15) is 17.3 Å². The fourth-order valence-corrected chi connectivity index (χ4v) is 5.08. The van der Waals surface area contributed by atoms with Crippen molar-refractivity contribution in [3.05, 3.63) is 78.1 Å². The fourth-order valence-electron chi connectivity index (χ4n) is 5.08. The molecule has 0 unspecified atom stereocenters. The summed E-state index contributed by atoms with van der Waals surface area (Å²) in [5.41, 5.74) is 3.87. The van der Waals surface area contributed by atoms with Gasteiger partial charge in [-0.05, 0) is 54.4 Å². The first-order chi connectivity index (χ1) is 16.6. The summed E-state index contributed by atoms with van der Waals surface area (Å²) in [7, 11) is 3.34. The zero-order valence-electron chi connectivity index (χ0n) is 19.3. The summed E-state index contributed by atoms with van der Waals surface area (Å²) in [4.78, 5) is 18.1. The fraction of sp³-hybridized carbons (Fsp3) is 0.296. The summed E-state index contributed by atoms with van der Waals surface area (Å²) in [5.74, 6) is 0.956. The van der Waals surface area contributed by atoms with E-state index in [1.54, 1.807) is 26.4 Å². The lowest BCUT2D eigenvalue weighted by Gasteiger charge is -2.49. The predicted octanol–water partition coefficient (Wildman–Crippen LogP) is 4.35. The van der Waals surface area contributed by atoms with Gasteiger partial charge in [0.15, 0.2) is 0 Å². The van der Waals surface area contributed by atoms with E-state index in [1.807, 2.05) is 24.3 Å². The first-order valence-electron chi connectivity index (χ1n) is 11.5. The van der Waals surface area contributed by atoms with Gasteiger partial charge >= 0.3 is 0 Å². The lowest BCUT2D eigenvalue weighted by Crippen LogP contribution is -2.60. The smallest absolute Gasteiger partial charge is 0.229 e. The number of halogens is 1. The maximum Gasteiger partial charge on any atom is 0.229 e. The number of nitrogens with zero attached hydrogens (tertiary/aromatic N) is 2. The minimum absolute atomic E-state index is 0.0429. The molecule has 0 radical (unpaired) electrons. The number of hydrogen-bond donors (Lipinski definition) is 1. The topological polar surface area (TPSA) is 54.0 Å². The Bertz CT molecular complexity index is 1180. The quantitative estimate of drug-likeness (QED) is 0.612. The zero-order valence-corrected chi connectivity index (χ0v) is 19.3. The van der Waals surface area contributed by atoms with Crippen molar-refractivity contribution in [2.45, 2.75) is 12.5 Å². The van der Waals surface area contributed by atoms with E-state index >= 15 is 0 Å². The molecule has 0 bridgehead atoms. The Labute approximate surface area is 198 Å². The van der Waals surface area contributed by atoms with Crippen molar-refractivity contribution in [3.63, 3.8) is 0 Å². The molecule has 6 nitrogen and oxygen atoms in total. The molecule has 2 aliphatic rings. The van der Waals surface area contributed by atoms with Crippen LogP contribution in [0, 0.1) is 11.7 Å².